The fourth-order valence-electron chi connectivity index (χ4n) is 3.38. The van der Waals surface area contributed by atoms with Crippen molar-refractivity contribution in [2.24, 2.45) is 0 Å². The quantitative estimate of drug-likeness (QED) is 0.846. The molecule has 0 aliphatic carbocycles. The molecule has 1 N–H and O–H groups in total. The van der Waals surface area contributed by atoms with Crippen molar-refractivity contribution in [3.63, 3.8) is 0 Å². The molecule has 1 aromatic carbocycles. The molecule has 1 aromatic heterocycles. The molecule has 1 unspecified atom stereocenters. The van der Waals surface area contributed by atoms with E-state index in [0.29, 0.717) is 11.1 Å². The molecule has 0 spiro atoms. The first-order valence-corrected chi connectivity index (χ1v) is 9.00. The van der Waals surface area contributed by atoms with Crippen LogP contribution in [-0.2, 0) is 4.79 Å². The van der Waals surface area contributed by atoms with Gasteiger partial charge >= 0.3 is 0 Å². The number of aromatic nitrogens is 2. The fourth-order valence-corrected chi connectivity index (χ4v) is 3.53. The maximum absolute atomic E-state index is 11.2. The van der Waals surface area contributed by atoms with Gasteiger partial charge in [0.15, 0.2) is 0 Å². The summed E-state index contributed by atoms with van der Waals surface area (Å²) in [5.41, 5.74) is 2.49. The third-order valence-electron chi connectivity index (χ3n) is 4.77. The number of halogens is 1. The molecule has 0 saturated carbocycles. The Kier molecular flexibility index (Phi) is 5.53. The lowest BCUT2D eigenvalue weighted by molar-refractivity contribution is -0.119. The standard InChI is InChI=1S/C19H23ClN4O/c1-13(23-14(2)25)15-3-5-16(6-4-15)17-7-9-24(10-8-17)19-11-18(20)21-12-22-19/h3-6,11-13,17H,7-10H2,1-2H3,(H,23,25). The highest BCUT2D eigenvalue weighted by Gasteiger charge is 2.22. The van der Waals surface area contributed by atoms with Crippen LogP contribution in [0.4, 0.5) is 5.82 Å². The van der Waals surface area contributed by atoms with E-state index in [2.05, 4.69) is 44.5 Å². The second kappa shape index (κ2) is 7.83. The van der Waals surface area contributed by atoms with Gasteiger partial charge in [-0.25, -0.2) is 9.97 Å². The summed E-state index contributed by atoms with van der Waals surface area (Å²) >= 11 is 5.96. The Bertz CT molecular complexity index is 726. The van der Waals surface area contributed by atoms with E-state index < -0.39 is 0 Å². The van der Waals surface area contributed by atoms with E-state index in [0.717, 1.165) is 37.3 Å². The number of hydrogen-bond acceptors (Lipinski definition) is 4. The van der Waals surface area contributed by atoms with Crippen LogP contribution in [0, 0.1) is 0 Å². The van der Waals surface area contributed by atoms with Gasteiger partial charge in [0, 0.05) is 26.1 Å². The maximum atomic E-state index is 11.2. The van der Waals surface area contributed by atoms with Crippen molar-refractivity contribution in [3.8, 4) is 0 Å². The van der Waals surface area contributed by atoms with Gasteiger partial charge in [0.1, 0.15) is 17.3 Å². The second-order valence-corrected chi connectivity index (χ2v) is 6.94. The van der Waals surface area contributed by atoms with Crippen LogP contribution in [0.25, 0.3) is 0 Å². The van der Waals surface area contributed by atoms with Gasteiger partial charge in [0.05, 0.1) is 6.04 Å². The minimum absolute atomic E-state index is 0.00577. The summed E-state index contributed by atoms with van der Waals surface area (Å²) in [6.07, 6.45) is 3.68. The van der Waals surface area contributed by atoms with E-state index >= 15 is 0 Å². The number of rotatable bonds is 4. The van der Waals surface area contributed by atoms with Crippen molar-refractivity contribution in [1.29, 1.82) is 0 Å². The van der Waals surface area contributed by atoms with Gasteiger partial charge < -0.3 is 10.2 Å². The van der Waals surface area contributed by atoms with Gasteiger partial charge in [0.25, 0.3) is 0 Å². The molecular weight excluding hydrogens is 336 g/mol. The number of carbonyl (C=O) groups is 1. The lowest BCUT2D eigenvalue weighted by atomic mass is 9.88. The minimum atomic E-state index is -0.00577. The summed E-state index contributed by atoms with van der Waals surface area (Å²) in [6, 6.07) is 10.5. The number of nitrogens with one attached hydrogen (secondary N) is 1. The summed E-state index contributed by atoms with van der Waals surface area (Å²) in [6.45, 7) is 5.47. The average Bonchev–Trinajstić information content (AvgIpc) is 2.61. The molecule has 5 nitrogen and oxygen atoms in total. The third-order valence-corrected chi connectivity index (χ3v) is 4.97. The highest BCUT2D eigenvalue weighted by Crippen LogP contribution is 2.30. The van der Waals surface area contributed by atoms with E-state index in [1.54, 1.807) is 6.92 Å². The molecule has 2 heterocycles. The topological polar surface area (TPSA) is 58.1 Å². The van der Waals surface area contributed by atoms with Gasteiger partial charge in [-0.05, 0) is 36.8 Å². The van der Waals surface area contributed by atoms with Crippen LogP contribution in [0.2, 0.25) is 5.15 Å². The van der Waals surface area contributed by atoms with E-state index in [9.17, 15) is 4.79 Å². The summed E-state index contributed by atoms with van der Waals surface area (Å²) in [7, 11) is 0. The molecule has 1 fully saturated rings. The van der Waals surface area contributed by atoms with E-state index in [1.165, 1.54) is 11.9 Å². The van der Waals surface area contributed by atoms with E-state index in [-0.39, 0.29) is 11.9 Å². The normalized spacial score (nSPS) is 16.5. The largest absolute Gasteiger partial charge is 0.356 e. The van der Waals surface area contributed by atoms with Gasteiger partial charge in [-0.15, -0.1) is 0 Å². The number of hydrogen-bond donors (Lipinski definition) is 1. The molecule has 0 bridgehead atoms. The Morgan fingerprint density at radius 2 is 1.92 bits per heavy atom. The number of piperidine rings is 1. The van der Waals surface area contributed by atoms with Crippen LogP contribution >= 0.6 is 11.6 Å². The average molecular weight is 359 g/mol. The highest BCUT2D eigenvalue weighted by molar-refractivity contribution is 6.29. The second-order valence-electron chi connectivity index (χ2n) is 6.55. The number of benzene rings is 1. The van der Waals surface area contributed by atoms with Gasteiger partial charge in [-0.1, -0.05) is 35.9 Å². The van der Waals surface area contributed by atoms with Gasteiger partial charge in [-0.2, -0.15) is 0 Å². The number of anilines is 1. The van der Waals surface area contributed by atoms with Crippen LogP contribution < -0.4 is 10.2 Å². The number of nitrogens with zero attached hydrogens (tertiary/aromatic N) is 3. The summed E-state index contributed by atoms with van der Waals surface area (Å²) in [5, 5.41) is 3.40. The van der Waals surface area contributed by atoms with Gasteiger partial charge in [-0.3, -0.25) is 4.79 Å². The molecule has 1 amide bonds. The zero-order valence-electron chi connectivity index (χ0n) is 14.6. The predicted octanol–water partition coefficient (Wildman–Crippen LogP) is 3.71. The third kappa shape index (κ3) is 4.48. The molecule has 1 saturated heterocycles. The summed E-state index contributed by atoms with van der Waals surface area (Å²) < 4.78 is 0. The van der Waals surface area contributed by atoms with Crippen LogP contribution in [0.5, 0.6) is 0 Å². The molecule has 132 valence electrons. The zero-order chi connectivity index (χ0) is 17.8. The molecule has 2 aromatic rings. The molecule has 1 atom stereocenters. The van der Waals surface area contributed by atoms with Crippen molar-refractivity contribution in [3.05, 3.63) is 52.9 Å². The summed E-state index contributed by atoms with van der Waals surface area (Å²) in [4.78, 5) is 21.7. The van der Waals surface area contributed by atoms with Crippen LogP contribution in [0.15, 0.2) is 36.7 Å². The highest BCUT2D eigenvalue weighted by atomic mass is 35.5. The minimum Gasteiger partial charge on any atom is -0.356 e. The SMILES string of the molecule is CC(=O)NC(C)c1ccc(C2CCN(c3cc(Cl)ncn3)CC2)cc1. The van der Waals surface area contributed by atoms with Crippen molar-refractivity contribution < 1.29 is 4.79 Å². The zero-order valence-corrected chi connectivity index (χ0v) is 15.3. The molecule has 1 aliphatic heterocycles. The van der Waals surface area contributed by atoms with Crippen molar-refractivity contribution in [1.82, 2.24) is 15.3 Å². The summed E-state index contributed by atoms with van der Waals surface area (Å²) in [5.74, 6) is 1.45. The molecule has 0 radical (unpaired) electrons. The molecule has 1 aliphatic rings. The van der Waals surface area contributed by atoms with Crippen LogP contribution in [0.1, 0.15) is 49.8 Å². The Morgan fingerprint density at radius 1 is 1.24 bits per heavy atom. The smallest absolute Gasteiger partial charge is 0.217 e. The van der Waals surface area contributed by atoms with E-state index in [4.69, 9.17) is 11.6 Å². The van der Waals surface area contributed by atoms with Crippen molar-refractivity contribution in [2.75, 3.05) is 18.0 Å². The first-order valence-electron chi connectivity index (χ1n) is 8.62. The monoisotopic (exact) mass is 358 g/mol. The fraction of sp³-hybridized carbons (Fsp3) is 0.421. The number of amides is 1. The molecule has 3 rings (SSSR count). The van der Waals surface area contributed by atoms with Crippen molar-refractivity contribution >= 4 is 23.3 Å². The Hall–Kier alpha value is -2.14. The van der Waals surface area contributed by atoms with E-state index in [1.807, 2.05) is 13.0 Å². The van der Waals surface area contributed by atoms with Gasteiger partial charge in [0.2, 0.25) is 5.91 Å². The first-order chi connectivity index (χ1) is 12.0. The van der Waals surface area contributed by atoms with Crippen molar-refractivity contribution in [2.45, 2.75) is 38.6 Å². The van der Waals surface area contributed by atoms with Crippen LogP contribution in [0.3, 0.4) is 0 Å². The Labute approximate surface area is 153 Å². The lowest BCUT2D eigenvalue weighted by Gasteiger charge is -2.33. The molecule has 25 heavy (non-hydrogen) atoms. The Morgan fingerprint density at radius 3 is 2.52 bits per heavy atom. The first kappa shape index (κ1) is 17.7. The maximum Gasteiger partial charge on any atom is 0.217 e. The number of carbonyl (C=O) groups excluding carboxylic acids is 1. The van der Waals surface area contributed by atoms with Crippen LogP contribution in [-0.4, -0.2) is 29.0 Å². The lowest BCUT2D eigenvalue weighted by Crippen LogP contribution is -2.33. The molecular formula is C19H23ClN4O. The predicted molar refractivity (Wildman–Crippen MR) is 99.9 cm³/mol. The molecule has 6 heteroatoms. The Balaban J connectivity index is 1.60.